The molecule has 0 N–H and O–H groups in total. The summed E-state index contributed by atoms with van der Waals surface area (Å²) in [7, 11) is 0. The Morgan fingerprint density at radius 3 is 2.92 bits per heavy atom. The third-order valence-electron chi connectivity index (χ3n) is 2.02. The van der Waals surface area contributed by atoms with Crippen LogP contribution in [0.25, 0.3) is 10.1 Å². The zero-order valence-electron chi connectivity index (χ0n) is 6.80. The van der Waals surface area contributed by atoms with Crippen molar-refractivity contribution in [1.82, 2.24) is 0 Å². The molecule has 0 unspecified atom stereocenters. The van der Waals surface area contributed by atoms with Crippen LogP contribution in [0.4, 0.5) is 0 Å². The first-order valence-electron chi connectivity index (χ1n) is 3.97. The number of benzene rings is 1. The quantitative estimate of drug-likeness (QED) is 0.644. The van der Waals surface area contributed by atoms with Crippen LogP contribution in [0.5, 0.6) is 0 Å². The summed E-state index contributed by atoms with van der Waals surface area (Å²) >= 11 is 7.91. The summed E-state index contributed by atoms with van der Waals surface area (Å²) in [5.41, 5.74) is 1.24. The first-order valence-corrected chi connectivity index (χ1v) is 5.23. The summed E-state index contributed by atoms with van der Waals surface area (Å²) in [4.78, 5) is 0. The van der Waals surface area contributed by atoms with Crippen molar-refractivity contribution in [2.75, 3.05) is 0 Å². The van der Waals surface area contributed by atoms with Crippen LogP contribution in [0.15, 0.2) is 23.6 Å². The smallest absolute Gasteiger partial charge is 0.0616 e. The molecule has 1 aromatic carbocycles. The van der Waals surface area contributed by atoms with Gasteiger partial charge in [0, 0.05) is 0 Å². The van der Waals surface area contributed by atoms with Gasteiger partial charge < -0.3 is 0 Å². The van der Waals surface area contributed by atoms with Gasteiger partial charge in [0.15, 0.2) is 0 Å². The van der Waals surface area contributed by atoms with Gasteiger partial charge in [-0.15, -0.1) is 11.3 Å². The molecular weight excluding hydrogens is 188 g/mol. The summed E-state index contributed by atoms with van der Waals surface area (Å²) < 4.78 is 1.22. The minimum atomic E-state index is 0.935. The number of hydrogen-bond acceptors (Lipinski definition) is 1. The van der Waals surface area contributed by atoms with Gasteiger partial charge in [-0.05, 0) is 28.8 Å². The predicted octanol–water partition coefficient (Wildman–Crippen LogP) is 4.12. The lowest BCUT2D eigenvalue weighted by molar-refractivity contribution is 1.15. The average Bonchev–Trinajstić information content (AvgIpc) is 2.53. The standard InChI is InChI=1S/C10H9ClS/c1-2-7-3-4-8-5-6-12-10(8)9(7)11/h3-6H,2H2,1H3. The van der Waals surface area contributed by atoms with Crippen molar-refractivity contribution in [2.24, 2.45) is 0 Å². The number of rotatable bonds is 1. The minimum Gasteiger partial charge on any atom is -0.142 e. The van der Waals surface area contributed by atoms with Crippen molar-refractivity contribution in [1.29, 1.82) is 0 Å². The Hall–Kier alpha value is -0.530. The normalized spacial score (nSPS) is 10.8. The van der Waals surface area contributed by atoms with Gasteiger partial charge in [-0.2, -0.15) is 0 Å². The highest BCUT2D eigenvalue weighted by Gasteiger charge is 2.03. The maximum atomic E-state index is 6.19. The van der Waals surface area contributed by atoms with E-state index >= 15 is 0 Å². The van der Waals surface area contributed by atoms with Gasteiger partial charge >= 0.3 is 0 Å². The van der Waals surface area contributed by atoms with Crippen LogP contribution in [0.3, 0.4) is 0 Å². The third-order valence-corrected chi connectivity index (χ3v) is 3.51. The molecule has 2 aromatic rings. The van der Waals surface area contributed by atoms with Gasteiger partial charge in [0.1, 0.15) is 0 Å². The molecule has 0 bridgehead atoms. The van der Waals surface area contributed by atoms with Crippen LogP contribution in [0, 0.1) is 0 Å². The SMILES string of the molecule is CCc1ccc2ccsc2c1Cl. The molecule has 0 radical (unpaired) electrons. The molecular formula is C10H9ClS. The monoisotopic (exact) mass is 196 g/mol. The van der Waals surface area contributed by atoms with Gasteiger partial charge in [-0.1, -0.05) is 30.7 Å². The molecule has 2 heteroatoms. The molecule has 0 saturated carbocycles. The molecule has 0 aliphatic heterocycles. The van der Waals surface area contributed by atoms with Gasteiger partial charge in [0.2, 0.25) is 0 Å². The van der Waals surface area contributed by atoms with E-state index in [1.807, 2.05) is 0 Å². The second kappa shape index (κ2) is 3.08. The summed E-state index contributed by atoms with van der Waals surface area (Å²) in [6.07, 6.45) is 1.01. The Morgan fingerprint density at radius 1 is 1.33 bits per heavy atom. The Balaban J connectivity index is 2.78. The topological polar surface area (TPSA) is 0 Å². The zero-order chi connectivity index (χ0) is 8.55. The number of hydrogen-bond donors (Lipinski definition) is 0. The highest BCUT2D eigenvalue weighted by Crippen LogP contribution is 2.31. The Kier molecular flexibility index (Phi) is 2.07. The van der Waals surface area contributed by atoms with Gasteiger partial charge in [-0.25, -0.2) is 0 Å². The maximum Gasteiger partial charge on any atom is 0.0616 e. The molecule has 1 aromatic heterocycles. The van der Waals surface area contributed by atoms with E-state index in [0.29, 0.717) is 0 Å². The van der Waals surface area contributed by atoms with E-state index in [9.17, 15) is 0 Å². The number of halogens is 1. The van der Waals surface area contributed by atoms with Crippen molar-refractivity contribution >= 4 is 33.0 Å². The van der Waals surface area contributed by atoms with Crippen molar-refractivity contribution in [3.63, 3.8) is 0 Å². The van der Waals surface area contributed by atoms with Gasteiger partial charge in [-0.3, -0.25) is 0 Å². The van der Waals surface area contributed by atoms with E-state index in [1.165, 1.54) is 15.6 Å². The summed E-state index contributed by atoms with van der Waals surface area (Å²) in [5.74, 6) is 0. The molecule has 0 atom stereocenters. The van der Waals surface area contributed by atoms with Gasteiger partial charge in [0.05, 0.1) is 9.72 Å². The molecule has 0 aliphatic carbocycles. The lowest BCUT2D eigenvalue weighted by Crippen LogP contribution is -1.80. The number of aryl methyl sites for hydroxylation is 1. The molecule has 12 heavy (non-hydrogen) atoms. The van der Waals surface area contributed by atoms with Crippen LogP contribution in [0.2, 0.25) is 5.02 Å². The van der Waals surface area contributed by atoms with Crippen molar-refractivity contribution in [3.8, 4) is 0 Å². The lowest BCUT2D eigenvalue weighted by Gasteiger charge is -2.00. The predicted molar refractivity (Wildman–Crippen MR) is 56.2 cm³/mol. The molecule has 1 heterocycles. The first kappa shape index (κ1) is 8.09. The fourth-order valence-electron chi connectivity index (χ4n) is 1.31. The zero-order valence-corrected chi connectivity index (χ0v) is 8.38. The molecule has 62 valence electrons. The van der Waals surface area contributed by atoms with Crippen LogP contribution in [-0.4, -0.2) is 0 Å². The minimum absolute atomic E-state index is 0.935. The first-order chi connectivity index (χ1) is 5.83. The third kappa shape index (κ3) is 1.13. The van der Waals surface area contributed by atoms with E-state index in [-0.39, 0.29) is 0 Å². The fraction of sp³-hybridized carbons (Fsp3) is 0.200. The van der Waals surface area contributed by atoms with E-state index in [2.05, 4.69) is 30.5 Å². The van der Waals surface area contributed by atoms with Gasteiger partial charge in [0.25, 0.3) is 0 Å². The summed E-state index contributed by atoms with van der Waals surface area (Å²) in [6.45, 7) is 2.13. The number of thiophene rings is 1. The molecule has 0 spiro atoms. The fourth-order valence-corrected chi connectivity index (χ4v) is 2.61. The Labute approximate surface area is 80.8 Å². The van der Waals surface area contributed by atoms with E-state index in [4.69, 9.17) is 11.6 Å². The molecule has 0 amide bonds. The average molecular weight is 197 g/mol. The van der Waals surface area contributed by atoms with Crippen LogP contribution in [-0.2, 0) is 6.42 Å². The van der Waals surface area contributed by atoms with E-state index < -0.39 is 0 Å². The van der Waals surface area contributed by atoms with Crippen molar-refractivity contribution in [2.45, 2.75) is 13.3 Å². The van der Waals surface area contributed by atoms with E-state index in [1.54, 1.807) is 11.3 Å². The lowest BCUT2D eigenvalue weighted by atomic mass is 10.1. The van der Waals surface area contributed by atoms with E-state index in [0.717, 1.165) is 11.4 Å². The Morgan fingerprint density at radius 2 is 2.17 bits per heavy atom. The second-order valence-corrected chi connectivity index (χ2v) is 4.03. The largest absolute Gasteiger partial charge is 0.142 e. The molecule has 2 rings (SSSR count). The van der Waals surface area contributed by atoms with Crippen LogP contribution >= 0.6 is 22.9 Å². The van der Waals surface area contributed by atoms with Crippen molar-refractivity contribution < 1.29 is 0 Å². The highest BCUT2D eigenvalue weighted by atomic mass is 35.5. The number of fused-ring (bicyclic) bond motifs is 1. The van der Waals surface area contributed by atoms with Crippen molar-refractivity contribution in [3.05, 3.63) is 34.2 Å². The molecule has 0 saturated heterocycles. The molecule has 0 fully saturated rings. The second-order valence-electron chi connectivity index (χ2n) is 2.73. The van der Waals surface area contributed by atoms with Crippen LogP contribution in [0.1, 0.15) is 12.5 Å². The summed E-state index contributed by atoms with van der Waals surface area (Å²) in [6, 6.07) is 6.35. The summed E-state index contributed by atoms with van der Waals surface area (Å²) in [5, 5.41) is 4.27. The van der Waals surface area contributed by atoms with Crippen LogP contribution < -0.4 is 0 Å². The molecule has 0 nitrogen and oxygen atoms in total. The highest BCUT2D eigenvalue weighted by molar-refractivity contribution is 7.17. The molecule has 0 aliphatic rings. The maximum absolute atomic E-state index is 6.19. The Bertz CT molecular complexity index is 403.